The van der Waals surface area contributed by atoms with E-state index >= 15 is 0 Å². The predicted molar refractivity (Wildman–Crippen MR) is 70.0 cm³/mol. The zero-order chi connectivity index (χ0) is 13.7. The third kappa shape index (κ3) is 3.20. The molecule has 100 valence electrons. The average molecular weight is 262 g/mol. The molecule has 2 rings (SSSR count). The van der Waals surface area contributed by atoms with E-state index in [2.05, 4.69) is 10.3 Å². The number of nitrogens with one attached hydrogen (secondary N) is 1. The van der Waals surface area contributed by atoms with Crippen molar-refractivity contribution in [3.63, 3.8) is 0 Å². The third-order valence-corrected chi connectivity index (χ3v) is 2.58. The van der Waals surface area contributed by atoms with E-state index in [0.29, 0.717) is 23.6 Å². The molecule has 0 amide bonds. The maximum atomic E-state index is 14.0. The van der Waals surface area contributed by atoms with Gasteiger partial charge in [-0.25, -0.2) is 9.37 Å². The Morgan fingerprint density at radius 2 is 1.84 bits per heavy atom. The van der Waals surface area contributed by atoms with Gasteiger partial charge in [-0.15, -0.1) is 0 Å². The Morgan fingerprint density at radius 1 is 1.16 bits per heavy atom. The van der Waals surface area contributed by atoms with Crippen LogP contribution in [0.2, 0.25) is 0 Å². The van der Waals surface area contributed by atoms with E-state index in [0.717, 1.165) is 0 Å². The lowest BCUT2D eigenvalue weighted by Gasteiger charge is -2.09. The lowest BCUT2D eigenvalue weighted by molar-refractivity contribution is 0.406. The fraction of sp³-hybridized carbons (Fsp3) is 0.214. The second-order valence-corrected chi connectivity index (χ2v) is 3.90. The van der Waals surface area contributed by atoms with Crippen LogP contribution in [0, 0.1) is 5.82 Å². The van der Waals surface area contributed by atoms with E-state index in [1.807, 2.05) is 0 Å². The van der Waals surface area contributed by atoms with Gasteiger partial charge in [-0.2, -0.15) is 0 Å². The first kappa shape index (κ1) is 13.3. The van der Waals surface area contributed by atoms with Crippen LogP contribution in [0.5, 0.6) is 17.4 Å². The van der Waals surface area contributed by atoms with Crippen molar-refractivity contribution in [2.45, 2.75) is 6.54 Å². The van der Waals surface area contributed by atoms with Crippen molar-refractivity contribution in [3.05, 3.63) is 47.9 Å². The quantitative estimate of drug-likeness (QED) is 0.899. The monoisotopic (exact) mass is 262 g/mol. The van der Waals surface area contributed by atoms with Crippen molar-refractivity contribution in [2.75, 3.05) is 14.2 Å². The minimum Gasteiger partial charge on any atom is -0.497 e. The van der Waals surface area contributed by atoms with Crippen LogP contribution >= 0.6 is 0 Å². The Balaban J connectivity index is 2.20. The molecule has 0 spiro atoms. The van der Waals surface area contributed by atoms with E-state index in [-0.39, 0.29) is 5.88 Å². The van der Waals surface area contributed by atoms with Gasteiger partial charge in [-0.05, 0) is 37.4 Å². The fourth-order valence-corrected chi connectivity index (χ4v) is 1.62. The second kappa shape index (κ2) is 6.15. The summed E-state index contributed by atoms with van der Waals surface area (Å²) >= 11 is 0. The standard InChI is InChI=1S/C14H15FN2O2/c1-16-9-10-7-8-17-14(13(10)15)19-12-5-3-11(18-2)4-6-12/h3-8,16H,9H2,1-2H3. The average Bonchev–Trinajstić information content (AvgIpc) is 2.44. The number of hydrogen-bond donors (Lipinski definition) is 1. The van der Waals surface area contributed by atoms with Gasteiger partial charge in [0.25, 0.3) is 5.88 Å². The van der Waals surface area contributed by atoms with Gasteiger partial charge in [0.1, 0.15) is 11.5 Å². The first-order valence-corrected chi connectivity index (χ1v) is 5.84. The maximum absolute atomic E-state index is 14.0. The van der Waals surface area contributed by atoms with Crippen molar-refractivity contribution >= 4 is 0 Å². The normalized spacial score (nSPS) is 10.3. The van der Waals surface area contributed by atoms with Gasteiger partial charge >= 0.3 is 0 Å². The molecule has 0 radical (unpaired) electrons. The van der Waals surface area contributed by atoms with E-state index in [1.54, 1.807) is 44.5 Å². The number of benzene rings is 1. The largest absolute Gasteiger partial charge is 0.497 e. The van der Waals surface area contributed by atoms with Crippen LogP contribution in [-0.4, -0.2) is 19.1 Å². The number of nitrogens with zero attached hydrogens (tertiary/aromatic N) is 1. The number of ether oxygens (including phenoxy) is 2. The predicted octanol–water partition coefficient (Wildman–Crippen LogP) is 2.74. The summed E-state index contributed by atoms with van der Waals surface area (Å²) in [6.07, 6.45) is 1.52. The number of pyridine rings is 1. The lowest BCUT2D eigenvalue weighted by Crippen LogP contribution is -2.08. The highest BCUT2D eigenvalue weighted by Gasteiger charge is 2.11. The van der Waals surface area contributed by atoms with Crippen LogP contribution in [0.4, 0.5) is 4.39 Å². The summed E-state index contributed by atoms with van der Waals surface area (Å²) in [5, 5.41) is 2.89. The smallest absolute Gasteiger partial charge is 0.256 e. The van der Waals surface area contributed by atoms with Crippen LogP contribution < -0.4 is 14.8 Å². The molecule has 1 N–H and O–H groups in total. The van der Waals surface area contributed by atoms with E-state index < -0.39 is 5.82 Å². The molecule has 4 nitrogen and oxygen atoms in total. The Bertz CT molecular complexity index is 544. The van der Waals surface area contributed by atoms with Crippen molar-refractivity contribution in [2.24, 2.45) is 0 Å². The molecule has 5 heteroatoms. The zero-order valence-electron chi connectivity index (χ0n) is 10.8. The molecule has 0 atom stereocenters. The number of methoxy groups -OCH3 is 1. The summed E-state index contributed by atoms with van der Waals surface area (Å²) in [5.74, 6) is 0.740. The second-order valence-electron chi connectivity index (χ2n) is 3.90. The molecule has 0 fully saturated rings. The first-order valence-electron chi connectivity index (χ1n) is 5.84. The maximum Gasteiger partial charge on any atom is 0.256 e. The van der Waals surface area contributed by atoms with Crippen molar-refractivity contribution in [1.82, 2.24) is 10.3 Å². The number of halogens is 1. The molecule has 0 unspecified atom stereocenters. The molecule has 0 bridgehead atoms. The molecule has 19 heavy (non-hydrogen) atoms. The SMILES string of the molecule is CNCc1ccnc(Oc2ccc(OC)cc2)c1F. The van der Waals surface area contributed by atoms with Crippen LogP contribution in [0.3, 0.4) is 0 Å². The van der Waals surface area contributed by atoms with Crippen molar-refractivity contribution in [3.8, 4) is 17.4 Å². The lowest BCUT2D eigenvalue weighted by atomic mass is 10.2. The molecule has 1 aromatic carbocycles. The van der Waals surface area contributed by atoms with Gasteiger partial charge in [0, 0.05) is 18.3 Å². The molecule has 0 aliphatic carbocycles. The van der Waals surface area contributed by atoms with E-state index in [1.165, 1.54) is 6.20 Å². The van der Waals surface area contributed by atoms with Crippen molar-refractivity contribution < 1.29 is 13.9 Å². The molecule has 0 aliphatic heterocycles. The molecule has 2 aromatic rings. The van der Waals surface area contributed by atoms with Gasteiger partial charge in [0.05, 0.1) is 7.11 Å². The van der Waals surface area contributed by atoms with Crippen LogP contribution in [0.1, 0.15) is 5.56 Å². The minimum absolute atomic E-state index is 0.0297. The molecule has 0 saturated carbocycles. The van der Waals surface area contributed by atoms with Gasteiger partial charge in [-0.3, -0.25) is 0 Å². The minimum atomic E-state index is -0.451. The molecule has 1 heterocycles. The fourth-order valence-electron chi connectivity index (χ4n) is 1.62. The number of hydrogen-bond acceptors (Lipinski definition) is 4. The summed E-state index contributed by atoms with van der Waals surface area (Å²) in [6, 6.07) is 8.50. The Kier molecular flexibility index (Phi) is 4.30. The van der Waals surface area contributed by atoms with Gasteiger partial charge in [0.15, 0.2) is 5.82 Å². The van der Waals surface area contributed by atoms with E-state index in [9.17, 15) is 4.39 Å². The summed E-state index contributed by atoms with van der Waals surface area (Å²) in [4.78, 5) is 3.90. The summed E-state index contributed by atoms with van der Waals surface area (Å²) in [7, 11) is 3.34. The zero-order valence-corrected chi connectivity index (χ0v) is 10.8. The number of aromatic nitrogens is 1. The topological polar surface area (TPSA) is 43.4 Å². The van der Waals surface area contributed by atoms with Crippen LogP contribution in [0.15, 0.2) is 36.5 Å². The van der Waals surface area contributed by atoms with Gasteiger partial charge < -0.3 is 14.8 Å². The number of rotatable bonds is 5. The summed E-state index contributed by atoms with van der Waals surface area (Å²) < 4.78 is 24.5. The summed E-state index contributed by atoms with van der Waals surface area (Å²) in [5.41, 5.74) is 0.515. The summed E-state index contributed by atoms with van der Waals surface area (Å²) in [6.45, 7) is 0.424. The van der Waals surface area contributed by atoms with Gasteiger partial charge in [-0.1, -0.05) is 0 Å². The molecular formula is C14H15FN2O2. The first-order chi connectivity index (χ1) is 9.24. The Morgan fingerprint density at radius 3 is 2.47 bits per heavy atom. The highest BCUT2D eigenvalue weighted by molar-refractivity contribution is 5.34. The Hall–Kier alpha value is -2.14. The van der Waals surface area contributed by atoms with Crippen LogP contribution in [-0.2, 0) is 6.54 Å². The third-order valence-electron chi connectivity index (χ3n) is 2.58. The molecule has 0 aliphatic rings. The molecule has 1 aromatic heterocycles. The Labute approximate surface area is 111 Å². The molecule has 0 saturated heterocycles. The van der Waals surface area contributed by atoms with Crippen LogP contribution in [0.25, 0.3) is 0 Å². The van der Waals surface area contributed by atoms with Gasteiger partial charge in [0.2, 0.25) is 0 Å². The highest BCUT2D eigenvalue weighted by atomic mass is 19.1. The van der Waals surface area contributed by atoms with E-state index in [4.69, 9.17) is 9.47 Å². The molecular weight excluding hydrogens is 247 g/mol. The highest BCUT2D eigenvalue weighted by Crippen LogP contribution is 2.25. The van der Waals surface area contributed by atoms with Crippen molar-refractivity contribution in [1.29, 1.82) is 0 Å².